The monoisotopic (exact) mass is 338 g/mol. The Bertz CT molecular complexity index is 437. The maximum absolute atomic E-state index is 9.75. The van der Waals surface area contributed by atoms with Gasteiger partial charge in [-0.05, 0) is 49.9 Å². The Kier molecular flexibility index (Phi) is 10.6. The second kappa shape index (κ2) is 12.3. The van der Waals surface area contributed by atoms with E-state index in [4.69, 9.17) is 10.5 Å². The Balaban J connectivity index is 2.42. The van der Waals surface area contributed by atoms with Crippen molar-refractivity contribution in [3.63, 3.8) is 0 Å². The van der Waals surface area contributed by atoms with Crippen LogP contribution in [0.5, 0.6) is 5.75 Å². The summed E-state index contributed by atoms with van der Waals surface area (Å²) >= 11 is 1.65. The molecule has 130 valence electrons. The van der Waals surface area contributed by atoms with E-state index in [0.717, 1.165) is 29.9 Å². The summed E-state index contributed by atoms with van der Waals surface area (Å²) < 4.78 is 8.95. The maximum atomic E-state index is 9.75. The average Bonchev–Trinajstić information content (AvgIpc) is 2.55. The molecule has 1 atom stereocenters. The zero-order chi connectivity index (χ0) is 16.9. The van der Waals surface area contributed by atoms with Crippen molar-refractivity contribution in [1.82, 2.24) is 4.72 Å². The number of aliphatic hydroxyl groups is 1. The van der Waals surface area contributed by atoms with Gasteiger partial charge < -0.3 is 15.6 Å². The van der Waals surface area contributed by atoms with Crippen molar-refractivity contribution >= 4 is 11.9 Å². The van der Waals surface area contributed by atoms with Gasteiger partial charge in [-0.15, -0.1) is 0 Å². The molecule has 0 heterocycles. The van der Waals surface area contributed by atoms with E-state index in [9.17, 15) is 5.11 Å². The van der Waals surface area contributed by atoms with Crippen LogP contribution in [0.1, 0.15) is 38.2 Å². The third kappa shape index (κ3) is 8.89. The molecular formula is C18H30N2O2S. The molecule has 0 spiro atoms. The fraction of sp³-hybridized carbons (Fsp3) is 0.556. The minimum atomic E-state index is -0.131. The van der Waals surface area contributed by atoms with Gasteiger partial charge >= 0.3 is 0 Å². The summed E-state index contributed by atoms with van der Waals surface area (Å²) in [5.74, 6) is 2.09. The molecule has 4 N–H and O–H groups in total. The topological polar surface area (TPSA) is 67.5 Å². The predicted octanol–water partition coefficient (Wildman–Crippen LogP) is 3.83. The molecule has 0 aromatic heterocycles. The number of benzene rings is 1. The average molecular weight is 339 g/mol. The quantitative estimate of drug-likeness (QED) is 0.290. The normalized spacial score (nSPS) is 12.1. The lowest BCUT2D eigenvalue weighted by Gasteiger charge is -2.17. The zero-order valence-electron chi connectivity index (χ0n) is 14.1. The van der Waals surface area contributed by atoms with Crippen LogP contribution in [0.4, 0.5) is 0 Å². The number of aliphatic hydroxyl groups excluding tert-OH is 1. The first-order valence-corrected chi connectivity index (χ1v) is 9.32. The van der Waals surface area contributed by atoms with Gasteiger partial charge in [0.1, 0.15) is 11.5 Å². The van der Waals surface area contributed by atoms with Crippen LogP contribution in [0.2, 0.25) is 0 Å². The van der Waals surface area contributed by atoms with Gasteiger partial charge in [-0.25, -0.2) is 0 Å². The molecule has 0 saturated carbocycles. The first kappa shape index (κ1) is 19.9. The maximum Gasteiger partial charge on any atom is 0.119 e. The highest BCUT2D eigenvalue weighted by Gasteiger charge is 2.12. The van der Waals surface area contributed by atoms with Crippen LogP contribution in [-0.2, 0) is 6.42 Å². The molecular weight excluding hydrogens is 308 g/mol. The molecule has 5 heteroatoms. The van der Waals surface area contributed by atoms with Crippen molar-refractivity contribution in [3.05, 3.63) is 42.2 Å². The van der Waals surface area contributed by atoms with Crippen molar-refractivity contribution in [2.24, 2.45) is 5.73 Å². The molecule has 1 aromatic rings. The summed E-state index contributed by atoms with van der Waals surface area (Å²) in [6, 6.07) is 7.88. The van der Waals surface area contributed by atoms with Crippen LogP contribution in [0, 0.1) is 0 Å². The van der Waals surface area contributed by atoms with Crippen LogP contribution in [0.25, 0.3) is 0 Å². The number of nitrogens with one attached hydrogen (secondary N) is 1. The van der Waals surface area contributed by atoms with E-state index in [2.05, 4.69) is 18.2 Å². The van der Waals surface area contributed by atoms with Crippen molar-refractivity contribution in [2.45, 2.75) is 45.1 Å². The molecule has 0 radical (unpaired) electrons. The van der Waals surface area contributed by atoms with E-state index in [1.165, 1.54) is 12.8 Å². The third-order valence-electron chi connectivity index (χ3n) is 3.46. The lowest BCUT2D eigenvalue weighted by molar-refractivity contribution is 0.307. The third-order valence-corrected chi connectivity index (χ3v) is 4.40. The molecule has 0 aliphatic carbocycles. The standard InChI is InChI=1S/C18H30N2O2S/c1-3-4-13-23-20-18(15(2)21)14-16-7-9-17(10-8-16)22-12-6-5-11-19/h7-10,18,20-21H,2-6,11-14,19H2,1H3/t18-/m0/s1. The second-order valence-corrected chi connectivity index (χ2v) is 6.49. The number of hydrogen-bond donors (Lipinski definition) is 3. The summed E-state index contributed by atoms with van der Waals surface area (Å²) in [5.41, 5.74) is 6.60. The number of rotatable bonds is 13. The van der Waals surface area contributed by atoms with Gasteiger partial charge in [-0.1, -0.05) is 44.0 Å². The molecule has 0 aliphatic heterocycles. The molecule has 1 rings (SSSR count). The minimum absolute atomic E-state index is 0.131. The van der Waals surface area contributed by atoms with Gasteiger partial charge in [0.25, 0.3) is 0 Å². The molecule has 0 amide bonds. The Labute approximate surface area is 144 Å². The van der Waals surface area contributed by atoms with E-state index in [0.29, 0.717) is 19.6 Å². The summed E-state index contributed by atoms with van der Waals surface area (Å²) in [6.45, 7) is 7.24. The van der Waals surface area contributed by atoms with Crippen LogP contribution < -0.4 is 15.2 Å². The first-order valence-electron chi connectivity index (χ1n) is 8.34. The highest BCUT2D eigenvalue weighted by atomic mass is 32.2. The fourth-order valence-corrected chi connectivity index (χ4v) is 2.97. The number of nitrogens with two attached hydrogens (primary N) is 1. The molecule has 0 fully saturated rings. The largest absolute Gasteiger partial charge is 0.511 e. The van der Waals surface area contributed by atoms with Gasteiger partial charge in [0.15, 0.2) is 0 Å². The SMILES string of the molecule is C=C(O)[C@H](Cc1ccc(OCCCCN)cc1)NSCCCC. The summed E-state index contributed by atoms with van der Waals surface area (Å²) in [5, 5.41) is 9.75. The Hall–Kier alpha value is -1.17. The zero-order valence-corrected chi connectivity index (χ0v) is 14.9. The van der Waals surface area contributed by atoms with Crippen molar-refractivity contribution in [1.29, 1.82) is 0 Å². The van der Waals surface area contributed by atoms with Crippen LogP contribution in [-0.4, -0.2) is 30.1 Å². The van der Waals surface area contributed by atoms with Crippen LogP contribution in [0.15, 0.2) is 36.6 Å². The molecule has 0 aliphatic rings. The van der Waals surface area contributed by atoms with Gasteiger partial charge in [-0.2, -0.15) is 0 Å². The lowest BCUT2D eigenvalue weighted by atomic mass is 10.1. The second-order valence-electron chi connectivity index (χ2n) is 5.56. The van der Waals surface area contributed by atoms with E-state index in [-0.39, 0.29) is 11.8 Å². The number of hydrogen-bond acceptors (Lipinski definition) is 5. The Morgan fingerprint density at radius 1 is 1.30 bits per heavy atom. The molecule has 0 unspecified atom stereocenters. The number of unbranched alkanes of at least 4 members (excludes halogenated alkanes) is 2. The van der Waals surface area contributed by atoms with Crippen LogP contribution >= 0.6 is 11.9 Å². The highest BCUT2D eigenvalue weighted by molar-refractivity contribution is 7.97. The molecule has 0 bridgehead atoms. The summed E-state index contributed by atoms with van der Waals surface area (Å²) in [6.07, 6.45) is 5.01. The van der Waals surface area contributed by atoms with Crippen molar-refractivity contribution in [3.8, 4) is 5.75 Å². The van der Waals surface area contributed by atoms with E-state index >= 15 is 0 Å². The van der Waals surface area contributed by atoms with Gasteiger partial charge in [0, 0.05) is 5.75 Å². The first-order chi connectivity index (χ1) is 11.2. The molecule has 0 saturated heterocycles. The van der Waals surface area contributed by atoms with Gasteiger partial charge in [-0.3, -0.25) is 4.72 Å². The van der Waals surface area contributed by atoms with E-state index < -0.39 is 0 Å². The van der Waals surface area contributed by atoms with Gasteiger partial charge in [0.2, 0.25) is 0 Å². The fourth-order valence-electron chi connectivity index (χ4n) is 2.00. The van der Waals surface area contributed by atoms with E-state index in [1.54, 1.807) is 11.9 Å². The van der Waals surface area contributed by atoms with Gasteiger partial charge in [0.05, 0.1) is 12.6 Å². The lowest BCUT2D eigenvalue weighted by Crippen LogP contribution is -2.27. The Morgan fingerprint density at radius 2 is 2.04 bits per heavy atom. The minimum Gasteiger partial charge on any atom is -0.511 e. The molecule has 1 aromatic carbocycles. The smallest absolute Gasteiger partial charge is 0.119 e. The Morgan fingerprint density at radius 3 is 2.65 bits per heavy atom. The highest BCUT2D eigenvalue weighted by Crippen LogP contribution is 2.16. The summed E-state index contributed by atoms with van der Waals surface area (Å²) in [7, 11) is 0. The van der Waals surface area contributed by atoms with Crippen molar-refractivity contribution in [2.75, 3.05) is 18.9 Å². The molecule has 23 heavy (non-hydrogen) atoms. The van der Waals surface area contributed by atoms with Crippen LogP contribution in [0.3, 0.4) is 0 Å². The predicted molar refractivity (Wildman–Crippen MR) is 100.0 cm³/mol. The van der Waals surface area contributed by atoms with E-state index in [1.807, 2.05) is 24.3 Å². The number of ether oxygens (including phenoxy) is 1. The van der Waals surface area contributed by atoms with Crippen molar-refractivity contribution < 1.29 is 9.84 Å². The molecule has 4 nitrogen and oxygen atoms in total. The summed E-state index contributed by atoms with van der Waals surface area (Å²) in [4.78, 5) is 0.